The molecule has 1 aliphatic heterocycles. The number of likely N-dealkylation sites (tertiary alicyclic amines) is 1. The van der Waals surface area contributed by atoms with Gasteiger partial charge in [-0.3, -0.25) is 14.3 Å². The van der Waals surface area contributed by atoms with E-state index in [2.05, 4.69) is 16.8 Å². The first-order chi connectivity index (χ1) is 15.5. The summed E-state index contributed by atoms with van der Waals surface area (Å²) in [7, 11) is 0. The Balaban J connectivity index is 1.52. The van der Waals surface area contributed by atoms with E-state index in [4.69, 9.17) is 15.6 Å². The van der Waals surface area contributed by atoms with E-state index in [1.54, 1.807) is 9.58 Å². The number of carbonyl (C=O) groups is 1. The third kappa shape index (κ3) is 3.29. The molecule has 4 aromatic rings. The second-order valence-electron chi connectivity index (χ2n) is 7.50. The molecular formula is C23H20N6O3. The number of aromatic amines is 1. The van der Waals surface area contributed by atoms with Gasteiger partial charge in [0.25, 0.3) is 5.56 Å². The molecule has 2 aromatic heterocycles. The molecule has 0 bridgehead atoms. The molecule has 3 N–H and O–H groups in total. The third-order valence-corrected chi connectivity index (χ3v) is 5.46. The predicted molar refractivity (Wildman–Crippen MR) is 120 cm³/mol. The van der Waals surface area contributed by atoms with Crippen LogP contribution in [0.15, 0.2) is 72.0 Å². The first kappa shape index (κ1) is 19.6. The number of hydrogen-bond donors (Lipinski definition) is 2. The molecule has 9 nitrogen and oxygen atoms in total. The molecule has 1 fully saturated rings. The molecular weight excluding hydrogens is 408 g/mol. The Bertz CT molecular complexity index is 1370. The van der Waals surface area contributed by atoms with Crippen LogP contribution in [0.4, 0.5) is 5.82 Å². The molecule has 160 valence electrons. The van der Waals surface area contributed by atoms with Gasteiger partial charge < -0.3 is 15.4 Å². The Morgan fingerprint density at radius 3 is 2.50 bits per heavy atom. The van der Waals surface area contributed by atoms with Crippen molar-refractivity contribution in [2.24, 2.45) is 0 Å². The number of nitrogens with one attached hydrogen (secondary N) is 1. The van der Waals surface area contributed by atoms with Crippen LogP contribution >= 0.6 is 0 Å². The van der Waals surface area contributed by atoms with Crippen molar-refractivity contribution in [2.75, 3.05) is 18.8 Å². The third-order valence-electron chi connectivity index (χ3n) is 5.46. The number of aromatic nitrogens is 4. The van der Waals surface area contributed by atoms with Crippen molar-refractivity contribution in [3.63, 3.8) is 0 Å². The number of carbonyl (C=O) groups excluding carboxylic acids is 1. The number of nitrogens with two attached hydrogens (primary N) is 1. The summed E-state index contributed by atoms with van der Waals surface area (Å²) in [6.45, 7) is 4.38. The van der Waals surface area contributed by atoms with Crippen LogP contribution < -0.4 is 16.0 Å². The molecule has 2 aromatic carbocycles. The number of para-hydroxylation sites is 1. The van der Waals surface area contributed by atoms with Crippen LogP contribution in [0.25, 0.3) is 22.2 Å². The highest BCUT2D eigenvalue weighted by atomic mass is 16.5. The van der Waals surface area contributed by atoms with Crippen LogP contribution in [-0.4, -0.2) is 43.9 Å². The number of nitrogens with zero attached hydrogens (tertiary/aromatic N) is 4. The summed E-state index contributed by atoms with van der Waals surface area (Å²) in [6.07, 6.45) is 1.27. The van der Waals surface area contributed by atoms with Gasteiger partial charge in [0.1, 0.15) is 22.7 Å². The fraction of sp³-hybridized carbons (Fsp3) is 0.130. The Kier molecular flexibility index (Phi) is 4.70. The molecule has 1 amide bonds. The number of hydrogen-bond acceptors (Lipinski definition) is 6. The van der Waals surface area contributed by atoms with Gasteiger partial charge in [0, 0.05) is 18.7 Å². The van der Waals surface area contributed by atoms with E-state index in [1.165, 1.54) is 6.08 Å². The van der Waals surface area contributed by atoms with E-state index in [0.717, 1.165) is 11.3 Å². The molecule has 3 heterocycles. The Morgan fingerprint density at radius 2 is 1.81 bits per heavy atom. The van der Waals surface area contributed by atoms with Crippen molar-refractivity contribution in [2.45, 2.75) is 6.04 Å². The van der Waals surface area contributed by atoms with E-state index >= 15 is 0 Å². The van der Waals surface area contributed by atoms with Crippen LogP contribution in [0.1, 0.15) is 6.04 Å². The van der Waals surface area contributed by atoms with Crippen molar-refractivity contribution in [1.82, 2.24) is 24.9 Å². The number of benzene rings is 2. The molecule has 0 unspecified atom stereocenters. The largest absolute Gasteiger partial charge is 0.457 e. The summed E-state index contributed by atoms with van der Waals surface area (Å²) in [4.78, 5) is 26.1. The molecule has 1 aliphatic rings. The standard InChI is InChI=1S/C23H20N6O3/c1-2-18(30)28-12-15(13-28)29-21-19(22(24)25-26-23(21)31)20(27-29)14-8-10-17(11-9-14)32-16-6-4-3-5-7-16/h2-11,15H,1,12-13H2,(H2,24,25)(H,26,31). The van der Waals surface area contributed by atoms with Gasteiger partial charge in [-0.2, -0.15) is 10.2 Å². The van der Waals surface area contributed by atoms with Gasteiger partial charge in [-0.05, 0) is 42.5 Å². The topological polar surface area (TPSA) is 119 Å². The monoisotopic (exact) mass is 428 g/mol. The van der Waals surface area contributed by atoms with Gasteiger partial charge in [0.2, 0.25) is 5.91 Å². The maximum absolute atomic E-state index is 12.6. The Morgan fingerprint density at radius 1 is 1.12 bits per heavy atom. The lowest BCUT2D eigenvalue weighted by atomic mass is 10.1. The highest BCUT2D eigenvalue weighted by molar-refractivity contribution is 5.99. The average Bonchev–Trinajstić information content (AvgIpc) is 3.18. The molecule has 0 aliphatic carbocycles. The zero-order valence-corrected chi connectivity index (χ0v) is 17.1. The van der Waals surface area contributed by atoms with Crippen LogP contribution in [0.5, 0.6) is 11.5 Å². The average molecular weight is 428 g/mol. The van der Waals surface area contributed by atoms with Gasteiger partial charge in [-0.15, -0.1) is 0 Å². The summed E-state index contributed by atoms with van der Waals surface area (Å²) in [5, 5.41) is 11.5. The zero-order valence-electron chi connectivity index (χ0n) is 17.1. The Labute approximate surface area is 182 Å². The lowest BCUT2D eigenvalue weighted by molar-refractivity contribution is -0.131. The van der Waals surface area contributed by atoms with Crippen LogP contribution in [-0.2, 0) is 4.79 Å². The number of fused-ring (bicyclic) bond motifs is 1. The summed E-state index contributed by atoms with van der Waals surface area (Å²) in [5.41, 5.74) is 7.41. The van der Waals surface area contributed by atoms with Crippen molar-refractivity contribution < 1.29 is 9.53 Å². The van der Waals surface area contributed by atoms with E-state index in [9.17, 15) is 9.59 Å². The van der Waals surface area contributed by atoms with Crippen LogP contribution in [0.3, 0.4) is 0 Å². The SMILES string of the molecule is C=CC(=O)N1CC(n2nc(-c3ccc(Oc4ccccc4)cc3)c3c(N)n[nH]c(=O)c32)C1. The molecule has 32 heavy (non-hydrogen) atoms. The van der Waals surface area contributed by atoms with E-state index < -0.39 is 0 Å². The molecule has 1 saturated heterocycles. The first-order valence-electron chi connectivity index (χ1n) is 10.1. The van der Waals surface area contributed by atoms with Gasteiger partial charge in [-0.1, -0.05) is 24.8 Å². The fourth-order valence-corrected chi connectivity index (χ4v) is 3.81. The van der Waals surface area contributed by atoms with E-state index in [-0.39, 0.29) is 23.3 Å². The maximum atomic E-state index is 12.6. The Hall–Kier alpha value is -4.40. The van der Waals surface area contributed by atoms with Gasteiger partial charge in [0.15, 0.2) is 5.82 Å². The smallest absolute Gasteiger partial charge is 0.290 e. The first-order valence-corrected chi connectivity index (χ1v) is 10.1. The zero-order chi connectivity index (χ0) is 22.2. The number of rotatable bonds is 5. The summed E-state index contributed by atoms with van der Waals surface area (Å²) in [6, 6.07) is 16.7. The highest BCUT2D eigenvalue weighted by Gasteiger charge is 2.34. The van der Waals surface area contributed by atoms with Crippen molar-refractivity contribution in [1.29, 1.82) is 0 Å². The quantitative estimate of drug-likeness (QED) is 0.472. The number of H-pyrrole nitrogens is 1. The molecule has 0 atom stereocenters. The van der Waals surface area contributed by atoms with Crippen molar-refractivity contribution >= 4 is 22.6 Å². The number of amides is 1. The van der Waals surface area contributed by atoms with Crippen molar-refractivity contribution in [3.05, 3.63) is 77.6 Å². The molecule has 0 saturated carbocycles. The summed E-state index contributed by atoms with van der Waals surface area (Å²) in [5.74, 6) is 1.44. The minimum absolute atomic E-state index is 0.140. The summed E-state index contributed by atoms with van der Waals surface area (Å²) < 4.78 is 7.49. The van der Waals surface area contributed by atoms with E-state index in [0.29, 0.717) is 35.4 Å². The molecule has 0 radical (unpaired) electrons. The second-order valence-corrected chi connectivity index (χ2v) is 7.50. The van der Waals surface area contributed by atoms with E-state index in [1.807, 2.05) is 54.6 Å². The maximum Gasteiger partial charge on any atom is 0.290 e. The fourth-order valence-electron chi connectivity index (χ4n) is 3.81. The highest BCUT2D eigenvalue weighted by Crippen LogP contribution is 2.34. The van der Waals surface area contributed by atoms with Crippen LogP contribution in [0, 0.1) is 0 Å². The van der Waals surface area contributed by atoms with Gasteiger partial charge in [0.05, 0.1) is 11.4 Å². The second kappa shape index (κ2) is 7.69. The minimum atomic E-state index is -0.384. The predicted octanol–water partition coefficient (Wildman–Crippen LogP) is 2.73. The molecule has 5 rings (SSSR count). The number of ether oxygens (including phenoxy) is 1. The lowest BCUT2D eigenvalue weighted by Gasteiger charge is -2.38. The number of nitrogen functional groups attached to an aromatic ring is 1. The summed E-state index contributed by atoms with van der Waals surface area (Å²) >= 11 is 0. The number of anilines is 1. The lowest BCUT2D eigenvalue weighted by Crippen LogP contribution is -2.50. The molecule has 9 heteroatoms. The van der Waals surface area contributed by atoms with Gasteiger partial charge >= 0.3 is 0 Å². The van der Waals surface area contributed by atoms with Gasteiger partial charge in [-0.25, -0.2) is 5.10 Å². The molecule has 0 spiro atoms. The van der Waals surface area contributed by atoms with Crippen molar-refractivity contribution in [3.8, 4) is 22.8 Å². The van der Waals surface area contributed by atoms with Crippen LogP contribution in [0.2, 0.25) is 0 Å². The normalized spacial score (nSPS) is 13.7. The minimum Gasteiger partial charge on any atom is -0.457 e.